The highest BCUT2D eigenvalue weighted by Gasteiger charge is 2.42. The van der Waals surface area contributed by atoms with Gasteiger partial charge in [-0.15, -0.1) is 0 Å². The molecule has 2 heterocycles. The zero-order chi connectivity index (χ0) is 7.73. The minimum atomic E-state index is 0.126. The molecular weight excluding hydrogens is 142 g/mol. The Morgan fingerprint density at radius 2 is 2.55 bits per heavy atom. The Balaban J connectivity index is 1.96. The van der Waals surface area contributed by atoms with Crippen molar-refractivity contribution in [2.75, 3.05) is 26.8 Å². The first-order chi connectivity index (χ1) is 5.35. The molecule has 3 nitrogen and oxygen atoms in total. The summed E-state index contributed by atoms with van der Waals surface area (Å²) in [5.41, 5.74) is 0.126. The second-order valence-electron chi connectivity index (χ2n) is 3.48. The Labute approximate surface area is 67.1 Å². The number of nitrogens with one attached hydrogen (secondary N) is 1. The van der Waals surface area contributed by atoms with Gasteiger partial charge in [-0.05, 0) is 13.0 Å². The van der Waals surface area contributed by atoms with Crippen LogP contribution in [0.4, 0.5) is 0 Å². The molecule has 2 saturated heterocycles. The Morgan fingerprint density at radius 3 is 3.09 bits per heavy atom. The summed E-state index contributed by atoms with van der Waals surface area (Å²) in [5.74, 6) is 0. The molecule has 2 rings (SSSR count). The molecule has 0 aliphatic carbocycles. The molecule has 1 spiro atoms. The average molecular weight is 157 g/mol. The maximum Gasteiger partial charge on any atom is 0.0845 e. The molecule has 0 amide bonds. The molecule has 0 bridgehead atoms. The molecule has 3 heteroatoms. The third-order valence-corrected chi connectivity index (χ3v) is 2.71. The van der Waals surface area contributed by atoms with Crippen LogP contribution in [0.3, 0.4) is 0 Å². The standard InChI is InChI=1S/C8H15NO2/c1-10-7-4-8(11-5-7)2-3-9-6-8/h7,9H,2-6H2,1H3/t7-,8-/m0/s1. The van der Waals surface area contributed by atoms with Crippen molar-refractivity contribution in [2.45, 2.75) is 24.5 Å². The maximum absolute atomic E-state index is 5.72. The summed E-state index contributed by atoms with van der Waals surface area (Å²) in [4.78, 5) is 0. The number of rotatable bonds is 1. The van der Waals surface area contributed by atoms with Crippen LogP contribution in [0.5, 0.6) is 0 Å². The third-order valence-electron chi connectivity index (χ3n) is 2.71. The predicted molar refractivity (Wildman–Crippen MR) is 41.6 cm³/mol. The first-order valence-electron chi connectivity index (χ1n) is 4.22. The van der Waals surface area contributed by atoms with Crippen LogP contribution in [0.2, 0.25) is 0 Å². The van der Waals surface area contributed by atoms with Gasteiger partial charge in [0.25, 0.3) is 0 Å². The van der Waals surface area contributed by atoms with Crippen LogP contribution in [0.15, 0.2) is 0 Å². The second kappa shape index (κ2) is 2.73. The van der Waals surface area contributed by atoms with Crippen LogP contribution in [0, 0.1) is 0 Å². The third kappa shape index (κ3) is 1.28. The zero-order valence-electron chi connectivity index (χ0n) is 6.93. The highest BCUT2D eigenvalue weighted by molar-refractivity contribution is 4.96. The summed E-state index contributed by atoms with van der Waals surface area (Å²) in [7, 11) is 1.76. The number of hydrogen-bond acceptors (Lipinski definition) is 3. The van der Waals surface area contributed by atoms with Crippen LogP contribution in [-0.2, 0) is 9.47 Å². The van der Waals surface area contributed by atoms with Crippen molar-refractivity contribution >= 4 is 0 Å². The SMILES string of the molecule is CO[C@@H]1CO[C@@]2(CCNC2)C1. The van der Waals surface area contributed by atoms with Crippen LogP contribution in [-0.4, -0.2) is 38.5 Å². The summed E-state index contributed by atoms with van der Waals surface area (Å²) in [6, 6.07) is 0. The van der Waals surface area contributed by atoms with Gasteiger partial charge < -0.3 is 14.8 Å². The van der Waals surface area contributed by atoms with Gasteiger partial charge in [0, 0.05) is 20.1 Å². The fraction of sp³-hybridized carbons (Fsp3) is 1.00. The first-order valence-corrected chi connectivity index (χ1v) is 4.22. The van der Waals surface area contributed by atoms with Gasteiger partial charge in [0.2, 0.25) is 0 Å². The van der Waals surface area contributed by atoms with Gasteiger partial charge in [-0.1, -0.05) is 0 Å². The predicted octanol–water partition coefficient (Wildman–Crippen LogP) is 0.154. The van der Waals surface area contributed by atoms with Crippen molar-refractivity contribution in [3.05, 3.63) is 0 Å². The average Bonchev–Trinajstić information content (AvgIpc) is 2.62. The molecular formula is C8H15NO2. The van der Waals surface area contributed by atoms with Crippen molar-refractivity contribution in [3.8, 4) is 0 Å². The number of ether oxygens (including phenoxy) is 2. The largest absolute Gasteiger partial charge is 0.379 e. The Kier molecular flexibility index (Phi) is 1.87. The molecule has 0 radical (unpaired) electrons. The summed E-state index contributed by atoms with van der Waals surface area (Å²) in [5, 5.41) is 3.32. The minimum absolute atomic E-state index is 0.126. The smallest absolute Gasteiger partial charge is 0.0845 e. The van der Waals surface area contributed by atoms with Crippen molar-refractivity contribution in [3.63, 3.8) is 0 Å². The highest BCUT2D eigenvalue weighted by Crippen LogP contribution is 2.32. The number of hydrogen-bond donors (Lipinski definition) is 1. The fourth-order valence-electron chi connectivity index (χ4n) is 1.97. The Hall–Kier alpha value is -0.120. The summed E-state index contributed by atoms with van der Waals surface area (Å²) < 4.78 is 11.0. The normalized spacial score (nSPS) is 43.9. The summed E-state index contributed by atoms with van der Waals surface area (Å²) in [6.07, 6.45) is 2.54. The lowest BCUT2D eigenvalue weighted by Gasteiger charge is -2.20. The van der Waals surface area contributed by atoms with Crippen LogP contribution in [0.25, 0.3) is 0 Å². The number of methoxy groups -OCH3 is 1. The van der Waals surface area contributed by atoms with Gasteiger partial charge in [0.05, 0.1) is 18.3 Å². The molecule has 2 aliphatic rings. The van der Waals surface area contributed by atoms with E-state index in [0.717, 1.165) is 32.5 Å². The van der Waals surface area contributed by atoms with E-state index in [1.54, 1.807) is 7.11 Å². The summed E-state index contributed by atoms with van der Waals surface area (Å²) in [6.45, 7) is 2.88. The van der Waals surface area contributed by atoms with Gasteiger partial charge in [0.1, 0.15) is 0 Å². The molecule has 1 N–H and O–H groups in total. The summed E-state index contributed by atoms with van der Waals surface area (Å²) >= 11 is 0. The van der Waals surface area contributed by atoms with E-state index in [1.165, 1.54) is 0 Å². The molecule has 0 saturated carbocycles. The van der Waals surface area contributed by atoms with Gasteiger partial charge in [0.15, 0.2) is 0 Å². The minimum Gasteiger partial charge on any atom is -0.379 e. The Bertz CT molecular complexity index is 143. The van der Waals surface area contributed by atoms with E-state index in [2.05, 4.69) is 5.32 Å². The molecule has 11 heavy (non-hydrogen) atoms. The van der Waals surface area contributed by atoms with E-state index < -0.39 is 0 Å². The van der Waals surface area contributed by atoms with E-state index in [0.29, 0.717) is 6.10 Å². The highest BCUT2D eigenvalue weighted by atomic mass is 16.6. The van der Waals surface area contributed by atoms with E-state index in [9.17, 15) is 0 Å². The van der Waals surface area contributed by atoms with E-state index in [-0.39, 0.29) is 5.60 Å². The van der Waals surface area contributed by atoms with Crippen LogP contribution in [0.1, 0.15) is 12.8 Å². The van der Waals surface area contributed by atoms with E-state index in [1.807, 2.05) is 0 Å². The monoisotopic (exact) mass is 157 g/mol. The fourth-order valence-corrected chi connectivity index (χ4v) is 1.97. The lowest BCUT2D eigenvalue weighted by molar-refractivity contribution is 0.0142. The van der Waals surface area contributed by atoms with Gasteiger partial charge in [-0.2, -0.15) is 0 Å². The van der Waals surface area contributed by atoms with Crippen molar-refractivity contribution in [2.24, 2.45) is 0 Å². The molecule has 0 unspecified atom stereocenters. The Morgan fingerprint density at radius 1 is 1.64 bits per heavy atom. The molecule has 64 valence electrons. The lowest BCUT2D eigenvalue weighted by Crippen LogP contribution is -2.30. The quantitative estimate of drug-likeness (QED) is 0.588. The molecule has 0 aromatic carbocycles. The van der Waals surface area contributed by atoms with Gasteiger partial charge in [-0.3, -0.25) is 0 Å². The zero-order valence-corrected chi connectivity index (χ0v) is 6.93. The van der Waals surface area contributed by atoms with Gasteiger partial charge in [-0.25, -0.2) is 0 Å². The van der Waals surface area contributed by atoms with Crippen LogP contribution < -0.4 is 5.32 Å². The van der Waals surface area contributed by atoms with E-state index in [4.69, 9.17) is 9.47 Å². The second-order valence-corrected chi connectivity index (χ2v) is 3.48. The molecule has 0 aromatic heterocycles. The topological polar surface area (TPSA) is 30.5 Å². The van der Waals surface area contributed by atoms with Crippen LogP contribution >= 0.6 is 0 Å². The van der Waals surface area contributed by atoms with Crippen molar-refractivity contribution in [1.29, 1.82) is 0 Å². The lowest BCUT2D eigenvalue weighted by atomic mass is 9.98. The first kappa shape index (κ1) is 7.53. The van der Waals surface area contributed by atoms with Crippen molar-refractivity contribution < 1.29 is 9.47 Å². The molecule has 2 fully saturated rings. The van der Waals surface area contributed by atoms with E-state index >= 15 is 0 Å². The maximum atomic E-state index is 5.72. The molecule has 0 aromatic rings. The molecule has 2 aliphatic heterocycles. The van der Waals surface area contributed by atoms with Gasteiger partial charge >= 0.3 is 0 Å². The molecule has 2 atom stereocenters. The van der Waals surface area contributed by atoms with Crippen molar-refractivity contribution in [1.82, 2.24) is 5.32 Å².